The van der Waals surface area contributed by atoms with Crippen molar-refractivity contribution in [1.29, 1.82) is 0 Å². The van der Waals surface area contributed by atoms with Crippen molar-refractivity contribution < 1.29 is 14.6 Å². The van der Waals surface area contributed by atoms with Crippen molar-refractivity contribution in [2.75, 3.05) is 13.6 Å². The zero-order valence-corrected chi connectivity index (χ0v) is 13.7. The third kappa shape index (κ3) is 2.80. The standard InChI is InChI=1S/C19H19N3O2/c1-3-4-11-22-12-16(15-9-10-21-17(15)19(22)24)13-5-7-14(8-6-13)18(23)20-2/h3-10,12,17H,11H2,1-2H3,(H,20,23)/p+1. The second-order valence-corrected chi connectivity index (χ2v) is 5.65. The molecule has 122 valence electrons. The molecule has 5 heteroatoms. The van der Waals surface area contributed by atoms with Gasteiger partial charge in [0.15, 0.2) is 6.21 Å². The largest absolute Gasteiger partial charge is 0.355 e. The summed E-state index contributed by atoms with van der Waals surface area (Å²) in [7, 11) is 1.61. The maximum absolute atomic E-state index is 12.5. The highest BCUT2D eigenvalue weighted by molar-refractivity contribution is 6.01. The van der Waals surface area contributed by atoms with Gasteiger partial charge in [-0.15, -0.1) is 0 Å². The van der Waals surface area contributed by atoms with Crippen LogP contribution in [0.1, 0.15) is 22.8 Å². The lowest BCUT2D eigenvalue weighted by atomic mass is 9.90. The topological polar surface area (TPSA) is 63.4 Å². The van der Waals surface area contributed by atoms with Crippen LogP contribution in [0.4, 0.5) is 0 Å². The number of amides is 2. The molecule has 2 N–H and O–H groups in total. The number of fused-ring (bicyclic) bond motifs is 1. The highest BCUT2D eigenvalue weighted by Gasteiger charge is 2.39. The molecule has 0 spiro atoms. The Morgan fingerprint density at radius 1 is 1.33 bits per heavy atom. The van der Waals surface area contributed by atoms with Crippen LogP contribution in [0.2, 0.25) is 0 Å². The number of hydrogen-bond acceptors (Lipinski definition) is 2. The molecule has 0 fully saturated rings. The molecule has 24 heavy (non-hydrogen) atoms. The van der Waals surface area contributed by atoms with E-state index in [-0.39, 0.29) is 17.9 Å². The summed E-state index contributed by atoms with van der Waals surface area (Å²) < 4.78 is 0. The van der Waals surface area contributed by atoms with Crippen LogP contribution in [-0.4, -0.2) is 42.6 Å². The van der Waals surface area contributed by atoms with Crippen LogP contribution in [0.15, 0.2) is 54.3 Å². The van der Waals surface area contributed by atoms with Gasteiger partial charge in [-0.3, -0.25) is 9.59 Å². The molecule has 0 aliphatic carbocycles. The Labute approximate surface area is 141 Å². The van der Waals surface area contributed by atoms with Gasteiger partial charge in [0.25, 0.3) is 17.9 Å². The van der Waals surface area contributed by atoms with Crippen LogP contribution in [0, 0.1) is 0 Å². The maximum Gasteiger partial charge on any atom is 0.300 e. The molecule has 2 heterocycles. The monoisotopic (exact) mass is 322 g/mol. The fraction of sp³-hybridized carbons (Fsp3) is 0.211. The third-order valence-corrected chi connectivity index (χ3v) is 4.19. The summed E-state index contributed by atoms with van der Waals surface area (Å²) in [6, 6.07) is 7.08. The first-order valence-corrected chi connectivity index (χ1v) is 7.91. The first kappa shape index (κ1) is 15.9. The fourth-order valence-electron chi connectivity index (χ4n) is 2.88. The Bertz CT molecular complexity index is 785. The van der Waals surface area contributed by atoms with Crippen LogP contribution < -0.4 is 10.3 Å². The van der Waals surface area contributed by atoms with Gasteiger partial charge in [-0.25, -0.2) is 4.99 Å². The number of allylic oxidation sites excluding steroid dienone is 2. The zero-order valence-electron chi connectivity index (χ0n) is 13.7. The molecule has 0 aromatic heterocycles. The summed E-state index contributed by atoms with van der Waals surface area (Å²) in [5, 5.41) is 2.61. The molecular weight excluding hydrogens is 302 g/mol. The van der Waals surface area contributed by atoms with E-state index in [1.165, 1.54) is 0 Å². The number of carbonyl (C=O) groups is 2. The van der Waals surface area contributed by atoms with Crippen molar-refractivity contribution >= 4 is 23.6 Å². The molecule has 1 aromatic rings. The molecule has 1 atom stereocenters. The van der Waals surface area contributed by atoms with Gasteiger partial charge in [0.05, 0.1) is 0 Å². The lowest BCUT2D eigenvalue weighted by Gasteiger charge is -2.26. The normalized spacial score (nSPS) is 19.3. The lowest BCUT2D eigenvalue weighted by Crippen LogP contribution is -2.79. The molecule has 2 aliphatic heterocycles. The van der Waals surface area contributed by atoms with Crippen LogP contribution in [0.25, 0.3) is 5.57 Å². The van der Waals surface area contributed by atoms with Gasteiger partial charge in [0, 0.05) is 42.6 Å². The zero-order chi connectivity index (χ0) is 17.1. The number of hydrogen-bond donors (Lipinski definition) is 2. The first-order chi connectivity index (χ1) is 11.7. The molecule has 3 rings (SSSR count). The molecule has 2 amide bonds. The van der Waals surface area contributed by atoms with Crippen LogP contribution in [-0.2, 0) is 4.79 Å². The highest BCUT2D eigenvalue weighted by atomic mass is 16.2. The summed E-state index contributed by atoms with van der Waals surface area (Å²) in [4.78, 5) is 29.1. The molecule has 0 saturated carbocycles. The molecule has 0 radical (unpaired) electrons. The van der Waals surface area contributed by atoms with Gasteiger partial charge in [-0.2, -0.15) is 0 Å². The predicted molar refractivity (Wildman–Crippen MR) is 93.2 cm³/mol. The second-order valence-electron chi connectivity index (χ2n) is 5.65. The van der Waals surface area contributed by atoms with Gasteiger partial charge in [-0.05, 0) is 24.6 Å². The summed E-state index contributed by atoms with van der Waals surface area (Å²) in [6.45, 7) is 2.48. The predicted octanol–water partition coefficient (Wildman–Crippen LogP) is 0.265. The smallest absolute Gasteiger partial charge is 0.300 e. The molecule has 2 aliphatic rings. The minimum absolute atomic E-state index is 0.0406. The van der Waals surface area contributed by atoms with Gasteiger partial charge in [-0.1, -0.05) is 24.3 Å². The SMILES string of the molecule is CC=CCN1C=C(c2ccc(C(=O)NC)cc2)C2=CC=[NH+]C2C1=O. The van der Waals surface area contributed by atoms with E-state index in [1.54, 1.807) is 24.1 Å². The summed E-state index contributed by atoms with van der Waals surface area (Å²) in [5.41, 5.74) is 3.55. The minimum atomic E-state index is -0.339. The van der Waals surface area contributed by atoms with Crippen molar-refractivity contribution in [1.82, 2.24) is 10.2 Å². The van der Waals surface area contributed by atoms with Crippen molar-refractivity contribution in [2.45, 2.75) is 13.0 Å². The van der Waals surface area contributed by atoms with Gasteiger partial charge >= 0.3 is 0 Å². The van der Waals surface area contributed by atoms with Gasteiger partial charge in [0.1, 0.15) is 0 Å². The molecule has 1 aromatic carbocycles. The van der Waals surface area contributed by atoms with E-state index < -0.39 is 0 Å². The molecule has 0 bridgehead atoms. The van der Waals surface area contributed by atoms with Crippen LogP contribution >= 0.6 is 0 Å². The Morgan fingerprint density at radius 2 is 2.08 bits per heavy atom. The van der Waals surface area contributed by atoms with Crippen molar-refractivity contribution in [3.05, 3.63) is 65.4 Å². The second kappa shape index (κ2) is 6.66. The van der Waals surface area contributed by atoms with Crippen LogP contribution in [0.5, 0.6) is 0 Å². The van der Waals surface area contributed by atoms with E-state index in [0.29, 0.717) is 12.1 Å². The van der Waals surface area contributed by atoms with Gasteiger partial charge in [0.2, 0.25) is 0 Å². The average Bonchev–Trinajstić information content (AvgIpc) is 3.11. The summed E-state index contributed by atoms with van der Waals surface area (Å²) >= 11 is 0. The first-order valence-electron chi connectivity index (χ1n) is 7.91. The number of nitrogens with one attached hydrogen (secondary N) is 2. The van der Waals surface area contributed by atoms with E-state index in [2.05, 4.69) is 10.3 Å². The lowest BCUT2D eigenvalue weighted by molar-refractivity contribution is -0.467. The molecular formula is C19H20N3O2+. The average molecular weight is 322 g/mol. The number of benzene rings is 1. The molecule has 1 unspecified atom stereocenters. The van der Waals surface area contributed by atoms with E-state index in [0.717, 1.165) is 16.7 Å². The van der Waals surface area contributed by atoms with Crippen molar-refractivity contribution in [3.8, 4) is 0 Å². The van der Waals surface area contributed by atoms with E-state index in [9.17, 15) is 9.59 Å². The van der Waals surface area contributed by atoms with Crippen LogP contribution in [0.3, 0.4) is 0 Å². The quantitative estimate of drug-likeness (QED) is 0.782. The van der Waals surface area contributed by atoms with E-state index in [1.807, 2.05) is 49.7 Å². The fourth-order valence-corrected chi connectivity index (χ4v) is 2.88. The Morgan fingerprint density at radius 3 is 2.75 bits per heavy atom. The summed E-state index contributed by atoms with van der Waals surface area (Å²) in [6.07, 6.45) is 9.52. The number of nitrogens with zero attached hydrogens (tertiary/aromatic N) is 1. The molecule has 0 saturated heterocycles. The number of rotatable bonds is 4. The van der Waals surface area contributed by atoms with E-state index >= 15 is 0 Å². The summed E-state index contributed by atoms with van der Waals surface area (Å²) in [5.74, 6) is -0.0733. The van der Waals surface area contributed by atoms with E-state index in [4.69, 9.17) is 0 Å². The number of carbonyl (C=O) groups excluding carboxylic acids is 2. The van der Waals surface area contributed by atoms with Crippen molar-refractivity contribution in [2.24, 2.45) is 0 Å². The maximum atomic E-state index is 12.5. The Kier molecular flexibility index (Phi) is 4.42. The Hall–Kier alpha value is -2.95. The highest BCUT2D eigenvalue weighted by Crippen LogP contribution is 2.30. The van der Waals surface area contributed by atoms with Crippen molar-refractivity contribution in [3.63, 3.8) is 0 Å². The third-order valence-electron chi connectivity index (χ3n) is 4.19. The Balaban J connectivity index is 1.97. The van der Waals surface area contributed by atoms with Gasteiger partial charge < -0.3 is 10.2 Å². The minimum Gasteiger partial charge on any atom is -0.355 e. The molecule has 5 nitrogen and oxygen atoms in total.